The molecule has 1 saturated carbocycles. The average Bonchev–Trinajstić information content (AvgIpc) is 2.01. The molecule has 1 aliphatic rings. The van der Waals surface area contributed by atoms with Crippen LogP contribution in [0, 0.1) is 5.41 Å². The first kappa shape index (κ1) is 10.3. The smallest absolute Gasteiger partial charge is 0.326 e. The van der Waals surface area contributed by atoms with Crippen LogP contribution in [0.2, 0.25) is 0 Å². The molecule has 76 valence electrons. The van der Waals surface area contributed by atoms with E-state index in [2.05, 4.69) is 4.74 Å². The second-order valence-electron chi connectivity index (χ2n) is 3.28. The lowest BCUT2D eigenvalue weighted by Crippen LogP contribution is -2.68. The first-order valence-electron chi connectivity index (χ1n) is 3.53. The number of ether oxygens (including phenoxy) is 1. The zero-order valence-electron chi connectivity index (χ0n) is 7.04. The van der Waals surface area contributed by atoms with E-state index in [4.69, 9.17) is 0 Å². The van der Waals surface area contributed by atoms with E-state index in [0.717, 1.165) is 14.0 Å². The van der Waals surface area contributed by atoms with E-state index in [1.165, 1.54) is 0 Å². The predicted octanol–water partition coefficient (Wildman–Crippen LogP) is 1.84. The van der Waals surface area contributed by atoms with Crippen molar-refractivity contribution in [1.29, 1.82) is 0 Å². The number of halogens is 4. The zero-order chi connectivity index (χ0) is 10.5. The Hall–Kier alpha value is -0.810. The summed E-state index contributed by atoms with van der Waals surface area (Å²) in [5.41, 5.74) is -2.38. The number of hydrogen-bond donors (Lipinski definition) is 0. The molecule has 0 aromatic rings. The Morgan fingerprint density at radius 2 is 1.77 bits per heavy atom. The van der Waals surface area contributed by atoms with Gasteiger partial charge in [-0.25, -0.2) is 0 Å². The Bertz CT molecular complexity index is 251. The Balaban J connectivity index is 2.95. The molecule has 2 nitrogen and oxygen atoms in total. The monoisotopic (exact) mass is 200 g/mol. The summed E-state index contributed by atoms with van der Waals surface area (Å²) < 4.78 is 54.2. The lowest BCUT2D eigenvalue weighted by atomic mass is 9.63. The number of hydrogen-bond acceptors (Lipinski definition) is 2. The van der Waals surface area contributed by atoms with E-state index < -0.39 is 29.7 Å². The minimum Gasteiger partial charge on any atom is -0.468 e. The van der Waals surface area contributed by atoms with Crippen LogP contribution in [0.4, 0.5) is 17.6 Å². The van der Waals surface area contributed by atoms with Crippen LogP contribution >= 0.6 is 0 Å². The maximum absolute atomic E-state index is 12.8. The van der Waals surface area contributed by atoms with Gasteiger partial charge in [0.15, 0.2) is 0 Å². The van der Waals surface area contributed by atoms with Crippen molar-refractivity contribution in [3.63, 3.8) is 0 Å². The molecule has 0 spiro atoms. The van der Waals surface area contributed by atoms with Crippen molar-refractivity contribution >= 4 is 5.97 Å². The molecule has 0 saturated heterocycles. The van der Waals surface area contributed by atoms with Crippen molar-refractivity contribution in [3.05, 3.63) is 0 Å². The molecular weight excluding hydrogens is 192 g/mol. The second-order valence-corrected chi connectivity index (χ2v) is 3.28. The van der Waals surface area contributed by atoms with Gasteiger partial charge in [-0.15, -0.1) is 0 Å². The lowest BCUT2D eigenvalue weighted by molar-refractivity contribution is -0.344. The Morgan fingerprint density at radius 3 is 2.00 bits per heavy atom. The van der Waals surface area contributed by atoms with Gasteiger partial charge in [-0.1, -0.05) is 0 Å². The number of alkyl halides is 4. The fourth-order valence-corrected chi connectivity index (χ4v) is 1.39. The van der Waals surface area contributed by atoms with Crippen LogP contribution in [0.1, 0.15) is 13.3 Å². The summed E-state index contributed by atoms with van der Waals surface area (Å²) in [4.78, 5) is 10.8. The fraction of sp³-hybridized carbons (Fsp3) is 0.857. The van der Waals surface area contributed by atoms with E-state index in [-0.39, 0.29) is 0 Å². The van der Waals surface area contributed by atoms with Crippen molar-refractivity contribution in [2.24, 2.45) is 5.41 Å². The van der Waals surface area contributed by atoms with Crippen LogP contribution in [-0.2, 0) is 9.53 Å². The van der Waals surface area contributed by atoms with Crippen LogP contribution in [0.25, 0.3) is 0 Å². The largest absolute Gasteiger partial charge is 0.468 e. The highest BCUT2D eigenvalue weighted by Crippen LogP contribution is 2.63. The Labute approximate surface area is 71.9 Å². The van der Waals surface area contributed by atoms with Gasteiger partial charge >= 0.3 is 17.8 Å². The molecule has 0 aromatic carbocycles. The van der Waals surface area contributed by atoms with Gasteiger partial charge in [-0.2, -0.15) is 17.6 Å². The molecule has 0 heterocycles. The summed E-state index contributed by atoms with van der Waals surface area (Å²) >= 11 is 0. The van der Waals surface area contributed by atoms with Crippen LogP contribution < -0.4 is 0 Å². The third kappa shape index (κ3) is 0.971. The van der Waals surface area contributed by atoms with Crippen LogP contribution in [-0.4, -0.2) is 24.9 Å². The molecule has 6 heteroatoms. The highest BCUT2D eigenvalue weighted by Gasteiger charge is 2.81. The molecule has 0 amide bonds. The minimum atomic E-state index is -4.31. The maximum atomic E-state index is 12.8. The standard InChI is InChI=1S/C7H8F4O2/c1-5(4(12)13-2)3-6(8,9)7(5,10)11/h3H2,1-2H3. The van der Waals surface area contributed by atoms with Gasteiger partial charge < -0.3 is 4.74 Å². The van der Waals surface area contributed by atoms with Crippen LogP contribution in [0.3, 0.4) is 0 Å². The molecular formula is C7H8F4O2. The molecule has 1 unspecified atom stereocenters. The van der Waals surface area contributed by atoms with E-state index in [1.54, 1.807) is 0 Å². The minimum absolute atomic E-state index is 0.774. The summed E-state index contributed by atoms with van der Waals surface area (Å²) in [7, 11) is 0.889. The third-order valence-electron chi connectivity index (χ3n) is 2.36. The number of rotatable bonds is 1. The Kier molecular flexibility index (Phi) is 1.86. The summed E-state index contributed by atoms with van der Waals surface area (Å²) in [5, 5.41) is 0. The van der Waals surface area contributed by atoms with E-state index >= 15 is 0 Å². The van der Waals surface area contributed by atoms with Gasteiger partial charge in [0.05, 0.1) is 7.11 Å². The number of carbonyl (C=O) groups excluding carboxylic acids is 1. The molecule has 0 N–H and O–H groups in total. The van der Waals surface area contributed by atoms with Gasteiger partial charge in [0.1, 0.15) is 5.41 Å². The maximum Gasteiger partial charge on any atom is 0.326 e. The third-order valence-corrected chi connectivity index (χ3v) is 2.36. The van der Waals surface area contributed by atoms with Gasteiger partial charge in [0.25, 0.3) is 0 Å². The number of carbonyl (C=O) groups is 1. The van der Waals surface area contributed by atoms with Crippen molar-refractivity contribution in [3.8, 4) is 0 Å². The first-order chi connectivity index (χ1) is 5.69. The lowest BCUT2D eigenvalue weighted by Gasteiger charge is -2.49. The highest BCUT2D eigenvalue weighted by molar-refractivity contribution is 5.79. The van der Waals surface area contributed by atoms with Crippen molar-refractivity contribution in [1.82, 2.24) is 0 Å². The molecule has 0 aliphatic heterocycles. The summed E-state index contributed by atoms with van der Waals surface area (Å²) in [5.74, 6) is -9.72. The molecule has 0 aromatic heterocycles. The number of esters is 1. The molecule has 1 atom stereocenters. The topological polar surface area (TPSA) is 26.3 Å². The summed E-state index contributed by atoms with van der Waals surface area (Å²) in [6, 6.07) is 0. The van der Waals surface area contributed by atoms with Gasteiger partial charge in [-0.3, -0.25) is 4.79 Å². The SMILES string of the molecule is COC(=O)C1(C)CC(F)(F)C1(F)F. The zero-order valence-corrected chi connectivity index (χ0v) is 7.04. The van der Waals surface area contributed by atoms with Crippen molar-refractivity contribution < 1.29 is 27.1 Å². The molecule has 0 bridgehead atoms. The van der Waals surface area contributed by atoms with E-state index in [0.29, 0.717) is 0 Å². The van der Waals surface area contributed by atoms with Gasteiger partial charge in [0, 0.05) is 6.42 Å². The molecule has 1 aliphatic carbocycles. The fourth-order valence-electron chi connectivity index (χ4n) is 1.39. The quantitative estimate of drug-likeness (QED) is 0.477. The second kappa shape index (κ2) is 2.36. The first-order valence-corrected chi connectivity index (χ1v) is 3.53. The normalized spacial score (nSPS) is 34.9. The average molecular weight is 200 g/mol. The highest BCUT2D eigenvalue weighted by atomic mass is 19.3. The van der Waals surface area contributed by atoms with Crippen molar-refractivity contribution in [2.45, 2.75) is 25.2 Å². The summed E-state index contributed by atoms with van der Waals surface area (Å²) in [6.45, 7) is 0.774. The van der Waals surface area contributed by atoms with Gasteiger partial charge in [0.2, 0.25) is 0 Å². The van der Waals surface area contributed by atoms with E-state index in [9.17, 15) is 22.4 Å². The van der Waals surface area contributed by atoms with Crippen LogP contribution in [0.5, 0.6) is 0 Å². The summed E-state index contributed by atoms with van der Waals surface area (Å²) in [6.07, 6.45) is -1.17. The molecule has 13 heavy (non-hydrogen) atoms. The van der Waals surface area contributed by atoms with Crippen molar-refractivity contribution in [2.75, 3.05) is 7.11 Å². The van der Waals surface area contributed by atoms with E-state index in [1.807, 2.05) is 0 Å². The van der Waals surface area contributed by atoms with Gasteiger partial charge in [-0.05, 0) is 6.92 Å². The Morgan fingerprint density at radius 1 is 1.31 bits per heavy atom. The van der Waals surface area contributed by atoms with Crippen LogP contribution in [0.15, 0.2) is 0 Å². The number of methoxy groups -OCH3 is 1. The molecule has 0 radical (unpaired) electrons. The molecule has 1 fully saturated rings. The predicted molar refractivity (Wildman–Crippen MR) is 34.6 cm³/mol. The molecule has 1 rings (SSSR count).